The average molecular weight is 161 g/mol. The quantitative estimate of drug-likeness (QED) is 0.629. The molecule has 0 aliphatic heterocycles. The third kappa shape index (κ3) is 1.24. The summed E-state index contributed by atoms with van der Waals surface area (Å²) < 4.78 is 0. The lowest BCUT2D eigenvalue weighted by Gasteiger charge is -2.23. The molecule has 1 fully saturated rings. The molecule has 2 heteroatoms. The van der Waals surface area contributed by atoms with E-state index in [4.69, 9.17) is 0 Å². The summed E-state index contributed by atoms with van der Waals surface area (Å²) in [5.41, 5.74) is 2.24. The van der Waals surface area contributed by atoms with Crippen LogP contribution < -0.4 is 0 Å². The normalized spacial score (nSPS) is 17.6. The molecule has 1 aromatic heterocycles. The summed E-state index contributed by atoms with van der Waals surface area (Å²) in [6, 6.07) is 4.07. The van der Waals surface area contributed by atoms with E-state index in [9.17, 15) is 4.79 Å². The van der Waals surface area contributed by atoms with Crippen LogP contribution in [0.25, 0.3) is 0 Å². The van der Waals surface area contributed by atoms with Gasteiger partial charge < -0.3 is 0 Å². The zero-order valence-electron chi connectivity index (χ0n) is 7.08. The van der Waals surface area contributed by atoms with Gasteiger partial charge in [-0.05, 0) is 24.5 Å². The fraction of sp³-hybridized carbons (Fsp3) is 0.400. The van der Waals surface area contributed by atoms with Crippen molar-refractivity contribution < 1.29 is 4.79 Å². The largest absolute Gasteiger partial charge is 0.300 e. The van der Waals surface area contributed by atoms with Gasteiger partial charge >= 0.3 is 0 Å². The summed E-state index contributed by atoms with van der Waals surface area (Å²) in [7, 11) is 0. The first-order valence-corrected chi connectivity index (χ1v) is 4.20. The molecule has 0 saturated heterocycles. The van der Waals surface area contributed by atoms with Crippen molar-refractivity contribution in [3.8, 4) is 0 Å². The lowest BCUT2D eigenvalue weighted by Crippen LogP contribution is -2.21. The van der Waals surface area contributed by atoms with Gasteiger partial charge in [0.25, 0.3) is 0 Å². The Kier molecular flexibility index (Phi) is 1.68. The molecule has 1 saturated carbocycles. The molecular formula is C10H11NO. The predicted octanol–water partition coefficient (Wildman–Crippen LogP) is 1.84. The molecule has 1 heterocycles. The van der Waals surface area contributed by atoms with Crippen molar-refractivity contribution >= 4 is 5.78 Å². The summed E-state index contributed by atoms with van der Waals surface area (Å²) in [6.45, 7) is 1.97. The van der Waals surface area contributed by atoms with Gasteiger partial charge in [-0.15, -0.1) is 0 Å². The molecule has 62 valence electrons. The number of nitrogens with zero attached hydrogens (tertiary/aromatic N) is 1. The van der Waals surface area contributed by atoms with E-state index >= 15 is 0 Å². The topological polar surface area (TPSA) is 30.0 Å². The van der Waals surface area contributed by atoms with Crippen molar-refractivity contribution in [1.29, 1.82) is 0 Å². The highest BCUT2D eigenvalue weighted by Gasteiger charge is 2.27. The van der Waals surface area contributed by atoms with Gasteiger partial charge in [-0.1, -0.05) is 6.07 Å². The van der Waals surface area contributed by atoms with Crippen LogP contribution in [0.4, 0.5) is 0 Å². The smallest absolute Gasteiger partial charge is 0.134 e. The Balaban J connectivity index is 2.14. The maximum Gasteiger partial charge on any atom is 0.134 e. The molecule has 0 amide bonds. The van der Waals surface area contributed by atoms with E-state index in [2.05, 4.69) is 11.1 Å². The Morgan fingerprint density at radius 2 is 2.17 bits per heavy atom. The highest BCUT2D eigenvalue weighted by Crippen LogP contribution is 2.32. The molecule has 0 radical (unpaired) electrons. The second-order valence-electron chi connectivity index (χ2n) is 3.38. The third-order valence-corrected chi connectivity index (χ3v) is 2.35. The Bertz CT molecular complexity index is 294. The van der Waals surface area contributed by atoms with Crippen LogP contribution in [0.5, 0.6) is 0 Å². The van der Waals surface area contributed by atoms with Crippen molar-refractivity contribution in [1.82, 2.24) is 4.98 Å². The number of aryl methyl sites for hydroxylation is 1. The van der Waals surface area contributed by atoms with Crippen molar-refractivity contribution in [3.05, 3.63) is 29.6 Å². The van der Waals surface area contributed by atoms with E-state index < -0.39 is 0 Å². The zero-order chi connectivity index (χ0) is 8.55. The van der Waals surface area contributed by atoms with Gasteiger partial charge in [-0.3, -0.25) is 9.78 Å². The van der Waals surface area contributed by atoms with Gasteiger partial charge in [0, 0.05) is 24.7 Å². The second kappa shape index (κ2) is 2.70. The van der Waals surface area contributed by atoms with Crippen molar-refractivity contribution in [2.24, 2.45) is 0 Å². The number of hydrogen-bond donors (Lipinski definition) is 0. The summed E-state index contributed by atoms with van der Waals surface area (Å²) in [5, 5.41) is 0. The van der Waals surface area contributed by atoms with Crippen LogP contribution in [0.1, 0.15) is 30.0 Å². The minimum absolute atomic E-state index is 0.376. The van der Waals surface area contributed by atoms with E-state index in [1.165, 1.54) is 5.56 Å². The molecule has 0 bridgehead atoms. The fourth-order valence-corrected chi connectivity index (χ4v) is 1.45. The van der Waals surface area contributed by atoms with Crippen LogP contribution in [-0.4, -0.2) is 10.8 Å². The van der Waals surface area contributed by atoms with Crippen LogP contribution >= 0.6 is 0 Å². The van der Waals surface area contributed by atoms with Gasteiger partial charge in [0.2, 0.25) is 0 Å². The monoisotopic (exact) mass is 161 g/mol. The fourth-order valence-electron chi connectivity index (χ4n) is 1.45. The van der Waals surface area contributed by atoms with Crippen molar-refractivity contribution in [3.63, 3.8) is 0 Å². The molecule has 0 N–H and O–H groups in total. The lowest BCUT2D eigenvalue weighted by atomic mass is 9.79. The number of carbonyl (C=O) groups excluding carboxylic acids is 1. The number of rotatable bonds is 1. The van der Waals surface area contributed by atoms with E-state index in [0.29, 0.717) is 24.5 Å². The van der Waals surface area contributed by atoms with Crippen LogP contribution in [-0.2, 0) is 4.79 Å². The van der Waals surface area contributed by atoms with E-state index in [1.54, 1.807) is 0 Å². The zero-order valence-corrected chi connectivity index (χ0v) is 7.08. The third-order valence-electron chi connectivity index (χ3n) is 2.35. The predicted molar refractivity (Wildman–Crippen MR) is 46.0 cm³/mol. The van der Waals surface area contributed by atoms with Crippen molar-refractivity contribution in [2.45, 2.75) is 25.7 Å². The Morgan fingerprint density at radius 1 is 1.42 bits per heavy atom. The van der Waals surface area contributed by atoms with Crippen LogP contribution in [0.2, 0.25) is 0 Å². The number of carbonyl (C=O) groups is 1. The van der Waals surface area contributed by atoms with Crippen LogP contribution in [0.3, 0.4) is 0 Å². The number of hydrogen-bond acceptors (Lipinski definition) is 2. The van der Waals surface area contributed by atoms with E-state index in [-0.39, 0.29) is 0 Å². The highest BCUT2D eigenvalue weighted by molar-refractivity contribution is 5.86. The number of pyridine rings is 1. The summed E-state index contributed by atoms with van der Waals surface area (Å²) >= 11 is 0. The molecule has 2 rings (SSSR count). The first kappa shape index (κ1) is 7.47. The molecule has 1 aromatic rings. The first-order valence-electron chi connectivity index (χ1n) is 4.20. The minimum Gasteiger partial charge on any atom is -0.300 e. The molecule has 2 nitrogen and oxygen atoms in total. The molecule has 1 aliphatic rings. The maximum atomic E-state index is 10.7. The van der Waals surface area contributed by atoms with E-state index in [1.807, 2.05) is 19.2 Å². The Morgan fingerprint density at radius 3 is 2.67 bits per heavy atom. The van der Waals surface area contributed by atoms with Gasteiger partial charge in [-0.25, -0.2) is 0 Å². The number of aromatic nitrogens is 1. The molecule has 12 heavy (non-hydrogen) atoms. The van der Waals surface area contributed by atoms with Gasteiger partial charge in [0.15, 0.2) is 0 Å². The van der Waals surface area contributed by atoms with Gasteiger partial charge in [0.1, 0.15) is 5.78 Å². The molecule has 0 unspecified atom stereocenters. The van der Waals surface area contributed by atoms with Gasteiger partial charge in [-0.2, -0.15) is 0 Å². The average Bonchev–Trinajstić information content (AvgIpc) is 2.01. The van der Waals surface area contributed by atoms with Crippen LogP contribution in [0, 0.1) is 6.92 Å². The van der Waals surface area contributed by atoms with Crippen molar-refractivity contribution in [2.75, 3.05) is 0 Å². The highest BCUT2D eigenvalue weighted by atomic mass is 16.1. The molecule has 1 aliphatic carbocycles. The standard InChI is InChI=1S/C10H11NO/c1-7-2-3-8(6-11-7)9-4-10(12)5-9/h2-3,6,9H,4-5H2,1H3. The molecule has 0 aromatic carbocycles. The second-order valence-corrected chi connectivity index (χ2v) is 3.38. The molecule has 0 spiro atoms. The van der Waals surface area contributed by atoms with E-state index in [0.717, 1.165) is 5.69 Å². The maximum absolute atomic E-state index is 10.7. The Hall–Kier alpha value is -1.18. The SMILES string of the molecule is Cc1ccc(C2CC(=O)C2)cn1. The Labute approximate surface area is 71.6 Å². The summed E-state index contributed by atoms with van der Waals surface area (Å²) in [6.07, 6.45) is 3.31. The first-order chi connectivity index (χ1) is 5.75. The van der Waals surface area contributed by atoms with Gasteiger partial charge in [0.05, 0.1) is 0 Å². The number of Topliss-reactive ketones (excluding diaryl/α,β-unsaturated/α-hetero) is 1. The molecule has 0 atom stereocenters. The van der Waals surface area contributed by atoms with Crippen LogP contribution in [0.15, 0.2) is 18.3 Å². The molecular weight excluding hydrogens is 150 g/mol. The number of ketones is 1. The summed E-state index contributed by atoms with van der Waals surface area (Å²) in [4.78, 5) is 14.9. The summed E-state index contributed by atoms with van der Waals surface area (Å²) in [5.74, 6) is 0.825. The minimum atomic E-state index is 0.376. The lowest BCUT2D eigenvalue weighted by molar-refractivity contribution is -0.124.